The Morgan fingerprint density at radius 3 is 2.88 bits per heavy atom. The first-order valence-corrected chi connectivity index (χ1v) is 15.0. The van der Waals surface area contributed by atoms with Crippen LogP contribution in [0.15, 0.2) is 59.9 Å². The number of nitrogens with zero attached hydrogens (tertiary/aromatic N) is 5. The zero-order chi connectivity index (χ0) is 29.1. The van der Waals surface area contributed by atoms with Crippen molar-refractivity contribution < 1.29 is 9.47 Å². The van der Waals surface area contributed by atoms with Crippen LogP contribution in [0.4, 0.5) is 11.6 Å². The van der Waals surface area contributed by atoms with Gasteiger partial charge in [-0.15, -0.1) is 11.3 Å². The number of benzene rings is 2. The normalized spacial score (nSPS) is 15.6. The summed E-state index contributed by atoms with van der Waals surface area (Å²) in [6.45, 7) is 2.12. The third-order valence-corrected chi connectivity index (χ3v) is 8.51. The molecule has 0 spiro atoms. The molecule has 216 valence electrons. The van der Waals surface area contributed by atoms with Crippen LogP contribution in [-0.2, 0) is 16.0 Å². The molecule has 3 N–H and O–H groups in total. The Labute approximate surface area is 249 Å². The maximum atomic E-state index is 8.12. The maximum Gasteiger partial charge on any atom is 0.251 e. The molecule has 4 heterocycles. The Morgan fingerprint density at radius 1 is 1.21 bits per heavy atom. The number of thiophene rings is 1. The zero-order valence-electron chi connectivity index (χ0n) is 23.9. The van der Waals surface area contributed by atoms with E-state index in [2.05, 4.69) is 45.0 Å². The van der Waals surface area contributed by atoms with Crippen LogP contribution in [0, 0.1) is 5.41 Å². The Bertz CT molecular complexity index is 1720. The lowest BCUT2D eigenvalue weighted by atomic mass is 9.98. The van der Waals surface area contributed by atoms with Gasteiger partial charge in [-0.05, 0) is 60.9 Å². The SMILES string of the molecule is CN(C)/C=N/c1ncc2c(n1)c(-c1cc(C=N)c(N)c(-c3cc4ccccc4s3)c1)cn2CCCOC1CCCCO1. The highest BCUT2D eigenvalue weighted by Gasteiger charge is 2.19. The fourth-order valence-corrected chi connectivity index (χ4v) is 6.34. The van der Waals surface area contributed by atoms with Gasteiger partial charge in [0.05, 0.1) is 24.7 Å². The third-order valence-electron chi connectivity index (χ3n) is 7.36. The van der Waals surface area contributed by atoms with E-state index in [9.17, 15) is 0 Å². The summed E-state index contributed by atoms with van der Waals surface area (Å²) in [6.07, 6.45) is 10.9. The van der Waals surface area contributed by atoms with Crippen molar-refractivity contribution in [2.45, 2.75) is 38.5 Å². The van der Waals surface area contributed by atoms with Gasteiger partial charge in [0.15, 0.2) is 6.29 Å². The summed E-state index contributed by atoms with van der Waals surface area (Å²) in [7, 11) is 3.82. The van der Waals surface area contributed by atoms with Gasteiger partial charge in [-0.2, -0.15) is 0 Å². The van der Waals surface area contributed by atoms with Gasteiger partial charge in [-0.25, -0.2) is 15.0 Å². The van der Waals surface area contributed by atoms with E-state index >= 15 is 0 Å². The first-order chi connectivity index (χ1) is 20.5. The number of nitrogens with one attached hydrogen (secondary N) is 1. The van der Waals surface area contributed by atoms with E-state index in [1.807, 2.05) is 43.4 Å². The minimum atomic E-state index is -0.0993. The van der Waals surface area contributed by atoms with Crippen molar-refractivity contribution in [2.75, 3.05) is 33.0 Å². The molecule has 3 aromatic heterocycles. The van der Waals surface area contributed by atoms with Gasteiger partial charge in [-0.1, -0.05) is 18.2 Å². The van der Waals surface area contributed by atoms with Crippen molar-refractivity contribution in [3.63, 3.8) is 0 Å². The average Bonchev–Trinajstić information content (AvgIpc) is 3.60. The molecule has 1 saturated heterocycles. The van der Waals surface area contributed by atoms with E-state index in [0.29, 0.717) is 23.8 Å². The molecule has 42 heavy (non-hydrogen) atoms. The lowest BCUT2D eigenvalue weighted by Crippen LogP contribution is -2.23. The second-order valence-electron chi connectivity index (χ2n) is 10.7. The van der Waals surface area contributed by atoms with E-state index in [1.54, 1.807) is 17.7 Å². The van der Waals surface area contributed by atoms with Crippen LogP contribution in [0.5, 0.6) is 0 Å². The average molecular weight is 582 g/mol. The van der Waals surface area contributed by atoms with Gasteiger partial charge in [0.2, 0.25) is 0 Å². The summed E-state index contributed by atoms with van der Waals surface area (Å²) in [5.41, 5.74) is 12.4. The second kappa shape index (κ2) is 12.4. The summed E-state index contributed by atoms with van der Waals surface area (Å²) in [6, 6.07) is 14.6. The van der Waals surface area contributed by atoms with Crippen LogP contribution in [0.25, 0.3) is 42.7 Å². The highest BCUT2D eigenvalue weighted by atomic mass is 32.1. The number of anilines is 1. The smallest absolute Gasteiger partial charge is 0.251 e. The molecule has 5 aromatic rings. The predicted molar refractivity (Wildman–Crippen MR) is 172 cm³/mol. The predicted octanol–water partition coefficient (Wildman–Crippen LogP) is 6.71. The molecule has 1 atom stereocenters. The summed E-state index contributed by atoms with van der Waals surface area (Å²) >= 11 is 1.70. The van der Waals surface area contributed by atoms with Gasteiger partial charge in [0, 0.05) is 71.6 Å². The number of aliphatic imine (C=N–C) groups is 1. The van der Waals surface area contributed by atoms with E-state index in [-0.39, 0.29) is 6.29 Å². The third kappa shape index (κ3) is 5.92. The zero-order valence-corrected chi connectivity index (χ0v) is 24.7. The molecule has 2 aromatic carbocycles. The quantitative estimate of drug-likeness (QED) is 0.0819. The van der Waals surface area contributed by atoms with E-state index in [1.165, 1.54) is 16.3 Å². The molecule has 0 bridgehead atoms. The highest BCUT2D eigenvalue weighted by molar-refractivity contribution is 7.22. The van der Waals surface area contributed by atoms with Crippen LogP contribution < -0.4 is 5.73 Å². The van der Waals surface area contributed by atoms with Crippen molar-refractivity contribution in [3.8, 4) is 21.6 Å². The van der Waals surface area contributed by atoms with Crippen molar-refractivity contribution in [3.05, 3.63) is 60.4 Å². The Balaban J connectivity index is 1.39. The molecule has 10 heteroatoms. The molecule has 1 aliphatic rings. The molecular formula is C32H35N7O2S. The lowest BCUT2D eigenvalue weighted by Gasteiger charge is -2.22. The summed E-state index contributed by atoms with van der Waals surface area (Å²) in [5.74, 6) is 0.389. The number of rotatable bonds is 10. The minimum Gasteiger partial charge on any atom is -0.398 e. The van der Waals surface area contributed by atoms with E-state index < -0.39 is 0 Å². The van der Waals surface area contributed by atoms with Crippen LogP contribution in [0.2, 0.25) is 0 Å². The molecule has 0 saturated carbocycles. The molecule has 6 rings (SSSR count). The van der Waals surface area contributed by atoms with Crippen LogP contribution >= 0.6 is 11.3 Å². The molecule has 1 fully saturated rings. The number of nitrogen functional groups attached to an aromatic ring is 1. The first-order valence-electron chi connectivity index (χ1n) is 14.2. The molecule has 0 amide bonds. The van der Waals surface area contributed by atoms with Gasteiger partial charge in [-0.3, -0.25) is 0 Å². The standard InChI is InChI=1S/C32H35N7O2S/c1-38(2)20-36-32-35-18-26-31(37-32)25(19-39(26)11-7-13-41-29-10-5-6-12-40-29)22-14-23(17-33)30(34)24(15-22)28-16-21-8-3-4-9-27(21)42-28/h3-4,8-9,14-20,29,33H,5-7,10-13,34H2,1-2H3/b33-17?,36-20+. The fourth-order valence-electron chi connectivity index (χ4n) is 5.25. The Kier molecular flexibility index (Phi) is 8.27. The Morgan fingerprint density at radius 2 is 2.10 bits per heavy atom. The van der Waals surface area contributed by atoms with Crippen molar-refractivity contribution in [1.29, 1.82) is 5.41 Å². The number of aryl methyl sites for hydroxylation is 1. The van der Waals surface area contributed by atoms with Crippen LogP contribution in [-0.4, -0.2) is 65.6 Å². The van der Waals surface area contributed by atoms with Gasteiger partial charge in [0.1, 0.15) is 5.52 Å². The topological polar surface area (TPSA) is 115 Å². The van der Waals surface area contributed by atoms with Crippen molar-refractivity contribution >= 4 is 56.6 Å². The second-order valence-corrected chi connectivity index (χ2v) is 11.8. The number of hydrogen-bond acceptors (Lipinski definition) is 8. The number of aromatic nitrogens is 3. The number of fused-ring (bicyclic) bond motifs is 2. The number of hydrogen-bond donors (Lipinski definition) is 2. The van der Waals surface area contributed by atoms with Crippen LogP contribution in [0.3, 0.4) is 0 Å². The molecule has 9 nitrogen and oxygen atoms in total. The highest BCUT2D eigenvalue weighted by Crippen LogP contribution is 2.41. The fraction of sp³-hybridized carbons (Fsp3) is 0.312. The van der Waals surface area contributed by atoms with Gasteiger partial charge < -0.3 is 30.1 Å². The largest absolute Gasteiger partial charge is 0.398 e. The molecule has 1 aliphatic heterocycles. The minimum absolute atomic E-state index is 0.0993. The summed E-state index contributed by atoms with van der Waals surface area (Å²) < 4.78 is 15.1. The molecule has 0 radical (unpaired) electrons. The Hall–Kier alpha value is -4.12. The van der Waals surface area contributed by atoms with Gasteiger partial charge in [0.25, 0.3) is 5.95 Å². The van der Waals surface area contributed by atoms with E-state index in [4.69, 9.17) is 25.6 Å². The van der Waals surface area contributed by atoms with E-state index in [0.717, 1.165) is 71.4 Å². The monoisotopic (exact) mass is 581 g/mol. The van der Waals surface area contributed by atoms with Crippen LogP contribution in [0.1, 0.15) is 31.2 Å². The lowest BCUT2D eigenvalue weighted by molar-refractivity contribution is -0.162. The molecular weight excluding hydrogens is 546 g/mol. The maximum absolute atomic E-state index is 8.12. The number of nitrogens with two attached hydrogens (primary N) is 1. The van der Waals surface area contributed by atoms with Crippen molar-refractivity contribution in [1.82, 2.24) is 19.4 Å². The number of ether oxygens (including phenoxy) is 2. The summed E-state index contributed by atoms with van der Waals surface area (Å²) in [4.78, 5) is 16.8. The van der Waals surface area contributed by atoms with Gasteiger partial charge >= 0.3 is 0 Å². The first kappa shape index (κ1) is 28.0. The summed E-state index contributed by atoms with van der Waals surface area (Å²) in [5, 5.41) is 9.30. The molecule has 0 aliphatic carbocycles. The van der Waals surface area contributed by atoms with Crippen molar-refractivity contribution in [2.24, 2.45) is 4.99 Å². The molecule has 1 unspecified atom stereocenters.